The third-order valence-electron chi connectivity index (χ3n) is 6.40. The average molecular weight is 609 g/mol. The van der Waals surface area contributed by atoms with Crippen LogP contribution in [-0.4, -0.2) is 108 Å². The lowest BCUT2D eigenvalue weighted by Gasteiger charge is -2.48. The third-order valence-corrected chi connectivity index (χ3v) is 6.73. The van der Waals surface area contributed by atoms with Crippen LogP contribution in [0.3, 0.4) is 0 Å². The summed E-state index contributed by atoms with van der Waals surface area (Å²) < 4.78 is 22.5. The molecule has 3 rings (SSSR count). The fourth-order valence-electron chi connectivity index (χ4n) is 4.44. The summed E-state index contributed by atoms with van der Waals surface area (Å²) in [5, 5.41) is 43.6. The second kappa shape index (κ2) is 16.1. The van der Waals surface area contributed by atoms with Crippen LogP contribution in [0, 0.1) is 0 Å². The molecule has 14 heteroatoms. The first-order valence-electron chi connectivity index (χ1n) is 13.1. The Kier molecular flexibility index (Phi) is 12.9. The maximum Gasteiger partial charge on any atom is 0.217 e. The van der Waals surface area contributed by atoms with Crippen LogP contribution in [0.5, 0.6) is 0 Å². The van der Waals surface area contributed by atoms with E-state index in [1.807, 2.05) is 36.4 Å². The quantitative estimate of drug-likeness (QED) is 0.104. The van der Waals surface area contributed by atoms with Gasteiger partial charge in [-0.1, -0.05) is 24.3 Å². The number of fused-ring (bicyclic) bond motifs is 1. The summed E-state index contributed by atoms with van der Waals surface area (Å²) in [6.45, 7) is 4.07. The summed E-state index contributed by atoms with van der Waals surface area (Å²) in [5.41, 5.74) is 1.58. The Hall–Kier alpha value is -2.62. The summed E-state index contributed by atoms with van der Waals surface area (Å²) in [5.74, 6) is -1.91. The molecule has 12 nitrogen and oxygen atoms in total. The van der Waals surface area contributed by atoms with Crippen molar-refractivity contribution in [1.29, 1.82) is 0 Å². The summed E-state index contributed by atoms with van der Waals surface area (Å²) in [4.78, 5) is 15.7. The molecule has 0 spiro atoms. The van der Waals surface area contributed by atoms with Gasteiger partial charge in [-0.15, -0.1) is 0 Å². The summed E-state index contributed by atoms with van der Waals surface area (Å²) in [6, 6.07) is 10.5. The van der Waals surface area contributed by atoms with Gasteiger partial charge in [0.25, 0.3) is 0 Å². The van der Waals surface area contributed by atoms with Crippen molar-refractivity contribution in [3.8, 4) is 0 Å². The smallest absolute Gasteiger partial charge is 0.217 e. The van der Waals surface area contributed by atoms with E-state index in [0.29, 0.717) is 31.5 Å². The second-order valence-electron chi connectivity index (χ2n) is 9.35. The zero-order valence-electron chi connectivity index (χ0n) is 22.9. The lowest BCUT2D eigenvalue weighted by molar-refractivity contribution is -0.329. The Morgan fingerprint density at radius 1 is 1.07 bits per heavy atom. The maximum absolute atomic E-state index is 11.6. The van der Waals surface area contributed by atoms with Gasteiger partial charge in [0.05, 0.1) is 50.5 Å². The predicted molar refractivity (Wildman–Crippen MR) is 160 cm³/mol. The van der Waals surface area contributed by atoms with Crippen molar-refractivity contribution in [3.05, 3.63) is 36.4 Å². The molecule has 1 amide bonds. The van der Waals surface area contributed by atoms with Gasteiger partial charge in [-0.3, -0.25) is 4.79 Å². The number of isothiocyanates is 1. The lowest BCUT2D eigenvalue weighted by atomic mass is 9.91. The van der Waals surface area contributed by atoms with E-state index in [-0.39, 0.29) is 13.2 Å². The highest BCUT2D eigenvalue weighted by molar-refractivity contribution is 7.80. The number of aliphatic hydroxyl groups excluding tert-OH is 3. The SMILES string of the molecule is CC(=O)NC1[C@@H](O)[C@@H](O)C(CO)O[C@]1(C)OCCOCCOCCNC(=S)Nc1ccc(N=C=S)c2ccccc12. The number of ether oxygens (including phenoxy) is 4. The largest absolute Gasteiger partial charge is 0.394 e. The zero-order chi connectivity index (χ0) is 29.8. The Bertz CT molecular complexity index is 1230. The number of aliphatic imine (C=N–C) groups is 1. The molecule has 224 valence electrons. The van der Waals surface area contributed by atoms with Gasteiger partial charge in [-0.2, -0.15) is 4.99 Å². The van der Waals surface area contributed by atoms with Gasteiger partial charge >= 0.3 is 0 Å². The normalized spacial score (nSPS) is 23.9. The van der Waals surface area contributed by atoms with Crippen molar-refractivity contribution in [2.24, 2.45) is 4.99 Å². The monoisotopic (exact) mass is 608 g/mol. The lowest BCUT2D eigenvalue weighted by Crippen LogP contribution is -2.70. The molecule has 1 aliphatic rings. The molecule has 1 saturated heterocycles. The fourth-order valence-corrected chi connectivity index (χ4v) is 4.75. The van der Waals surface area contributed by atoms with Crippen molar-refractivity contribution in [3.63, 3.8) is 0 Å². The van der Waals surface area contributed by atoms with Crippen molar-refractivity contribution in [1.82, 2.24) is 10.6 Å². The molecule has 0 aromatic heterocycles. The number of nitrogens with one attached hydrogen (secondary N) is 3. The summed E-state index contributed by atoms with van der Waals surface area (Å²) in [7, 11) is 0. The number of rotatable bonds is 14. The molecule has 1 fully saturated rings. The van der Waals surface area contributed by atoms with E-state index < -0.39 is 42.7 Å². The molecule has 41 heavy (non-hydrogen) atoms. The number of carbonyl (C=O) groups excluding carboxylic acids is 1. The van der Waals surface area contributed by atoms with Crippen molar-refractivity contribution < 1.29 is 39.1 Å². The highest BCUT2D eigenvalue weighted by Gasteiger charge is 2.52. The Labute approximate surface area is 249 Å². The van der Waals surface area contributed by atoms with E-state index in [0.717, 1.165) is 22.1 Å². The highest BCUT2D eigenvalue weighted by Crippen LogP contribution is 2.32. The van der Waals surface area contributed by atoms with E-state index in [1.165, 1.54) is 13.8 Å². The number of anilines is 1. The molecule has 2 aromatic carbocycles. The molecular formula is C27H36N4O8S2. The molecule has 0 saturated carbocycles. The van der Waals surface area contributed by atoms with Crippen LogP contribution in [0.1, 0.15) is 13.8 Å². The number of nitrogens with zero attached hydrogens (tertiary/aromatic N) is 1. The van der Waals surface area contributed by atoms with Gasteiger partial charge in [0, 0.05) is 29.9 Å². The maximum atomic E-state index is 11.6. The third kappa shape index (κ3) is 9.18. The zero-order valence-corrected chi connectivity index (χ0v) is 24.5. The van der Waals surface area contributed by atoms with Crippen molar-refractivity contribution in [2.45, 2.75) is 44.0 Å². The number of amides is 1. The number of carbonyl (C=O) groups is 1. The molecule has 1 heterocycles. The highest BCUT2D eigenvalue weighted by atomic mass is 32.1. The molecule has 2 aromatic rings. The Morgan fingerprint density at radius 3 is 2.44 bits per heavy atom. The van der Waals surface area contributed by atoms with Gasteiger partial charge in [-0.25, -0.2) is 0 Å². The van der Waals surface area contributed by atoms with Crippen molar-refractivity contribution >= 4 is 62.8 Å². The predicted octanol–water partition coefficient (Wildman–Crippen LogP) is 1.24. The van der Waals surface area contributed by atoms with E-state index in [9.17, 15) is 20.1 Å². The first-order valence-corrected chi connectivity index (χ1v) is 13.9. The van der Waals surface area contributed by atoms with Crippen LogP contribution in [0.4, 0.5) is 11.4 Å². The number of hydrogen-bond donors (Lipinski definition) is 6. The van der Waals surface area contributed by atoms with Gasteiger partial charge in [0.1, 0.15) is 24.4 Å². The van der Waals surface area contributed by atoms with Crippen molar-refractivity contribution in [2.75, 3.05) is 51.5 Å². The number of benzene rings is 2. The van der Waals surface area contributed by atoms with Crippen LogP contribution in [0.15, 0.2) is 41.4 Å². The van der Waals surface area contributed by atoms with Crippen LogP contribution in [0.2, 0.25) is 0 Å². The van der Waals surface area contributed by atoms with E-state index >= 15 is 0 Å². The Balaban J connectivity index is 1.32. The molecule has 1 aliphatic heterocycles. The standard InChI is InChI=1S/C27H36N4O8S2/c1-17(33)30-25-24(35)23(34)22(15-32)39-27(25,2)38-14-13-37-12-11-36-10-9-28-26(41)31-21-8-7-20(29-16-40)18-5-3-4-6-19(18)21/h3-8,22-25,32,34-35H,9-15H2,1-2H3,(H,30,33)(H2,28,31,41)/t22?,23-,24-,25?,27-/m0/s1. The van der Waals surface area contributed by atoms with Gasteiger partial charge in [-0.05, 0) is 43.5 Å². The van der Waals surface area contributed by atoms with Crippen LogP contribution < -0.4 is 16.0 Å². The van der Waals surface area contributed by atoms with E-state index in [1.54, 1.807) is 0 Å². The molecule has 6 N–H and O–H groups in total. The van der Waals surface area contributed by atoms with E-state index in [2.05, 4.69) is 26.1 Å². The minimum absolute atomic E-state index is 0.0720. The minimum atomic E-state index is -1.48. The molecular weight excluding hydrogens is 572 g/mol. The van der Waals surface area contributed by atoms with E-state index in [4.69, 9.17) is 43.4 Å². The van der Waals surface area contributed by atoms with Crippen LogP contribution in [0.25, 0.3) is 10.8 Å². The van der Waals surface area contributed by atoms with Crippen LogP contribution >= 0.6 is 24.4 Å². The molecule has 2 unspecified atom stereocenters. The second-order valence-corrected chi connectivity index (χ2v) is 9.94. The number of hydrogen-bond acceptors (Lipinski definition) is 11. The Morgan fingerprint density at radius 2 is 1.76 bits per heavy atom. The fraction of sp³-hybridized carbons (Fsp3) is 0.519. The molecule has 0 radical (unpaired) electrons. The van der Waals surface area contributed by atoms with Gasteiger partial charge in [0.2, 0.25) is 5.91 Å². The van der Waals surface area contributed by atoms with Gasteiger partial charge in [0.15, 0.2) is 10.9 Å². The first kappa shape index (κ1) is 32.9. The molecule has 0 aliphatic carbocycles. The summed E-state index contributed by atoms with van der Waals surface area (Å²) >= 11 is 10.1. The van der Waals surface area contributed by atoms with Crippen LogP contribution in [-0.2, 0) is 23.7 Å². The molecule has 0 bridgehead atoms. The topological polar surface area (TPSA) is 163 Å². The average Bonchev–Trinajstić information content (AvgIpc) is 2.95. The minimum Gasteiger partial charge on any atom is -0.394 e. The molecule has 5 atom stereocenters. The number of aliphatic hydroxyl groups is 3. The number of thiocarbonyl (C=S) groups is 2. The first-order chi connectivity index (χ1) is 19.7. The van der Waals surface area contributed by atoms with Gasteiger partial charge < -0.3 is 50.2 Å². The summed E-state index contributed by atoms with van der Waals surface area (Å²) in [6.07, 6.45) is -3.85.